The van der Waals surface area contributed by atoms with Gasteiger partial charge in [-0.25, -0.2) is 24.9 Å². The molecule has 0 unspecified atom stereocenters. The molecule has 0 aliphatic heterocycles. The van der Waals surface area contributed by atoms with Crippen molar-refractivity contribution in [1.29, 1.82) is 0 Å². The van der Waals surface area contributed by atoms with Crippen molar-refractivity contribution in [3.05, 3.63) is 480 Å². The second-order valence-electron chi connectivity index (χ2n) is 36.9. The van der Waals surface area contributed by atoms with Gasteiger partial charge in [0, 0.05) is 144 Å². The molecule has 0 saturated heterocycles. The van der Waals surface area contributed by atoms with Crippen molar-refractivity contribution in [3.63, 3.8) is 0 Å². The van der Waals surface area contributed by atoms with Crippen LogP contribution in [-0.4, -0.2) is 71.0 Å². The average molecular weight is 1830 g/mol. The molecule has 20 aromatic carbocycles. The minimum absolute atomic E-state index is 0.609. The van der Waals surface area contributed by atoms with Gasteiger partial charge in [0.1, 0.15) is 12.7 Å². The van der Waals surface area contributed by atoms with Crippen LogP contribution < -0.4 is 0 Å². The lowest BCUT2D eigenvalue weighted by atomic mass is 10.1. The molecule has 32 rings (SSSR count). The summed E-state index contributed by atoms with van der Waals surface area (Å²) in [4.78, 5) is 26.8. The summed E-state index contributed by atoms with van der Waals surface area (Å²) in [6, 6.07) is 160. The standard InChI is InChI=1S/C45H28N4.C44H27N5.C39H24N6/c1-2-11-30-26-32(21-20-29(30)10-1)48-40-17-8-5-14-35(40)45-41(48)18-9-19-42(45)49-39-16-7-4-13-34(39)37-27-43-36(28-44(37)49)33-12-3-6-15-38(33)47(43)31-22-24-46-25-23-31;1-2-14-29-28(12-1)13-9-21-35(29)47-38-20-8-5-17-32(38)43-39(47)22-10-23-40(43)48-36-18-6-3-15-30(36)33-27-42-34(26-41(33)48)31-16-4-7-19-37(31)49(42)44-45-24-11-25-46-44;1-2-11-25(12-3-1)43-33-18-9-6-15-28(33)38-34(43)19-10-20-35(38)44-31-16-7-4-13-26(31)29-22-37-30(21-36(29)44)27-14-5-8-17-32(27)45(37)39-41-23-40-24-42-39/h1-28H;1-27H;1-24H. The van der Waals surface area contributed by atoms with E-state index in [1.54, 1.807) is 12.7 Å². The van der Waals surface area contributed by atoms with Crippen LogP contribution in [0.3, 0.4) is 0 Å². The molecule has 0 bridgehead atoms. The van der Waals surface area contributed by atoms with Gasteiger partial charge in [-0.3, -0.25) is 14.1 Å². The van der Waals surface area contributed by atoms with E-state index in [1.807, 2.05) is 30.9 Å². The van der Waals surface area contributed by atoms with Gasteiger partial charge >= 0.3 is 0 Å². The highest BCUT2D eigenvalue weighted by molar-refractivity contribution is 6.26. The molecule has 12 heterocycles. The Labute approximate surface area is 815 Å². The first kappa shape index (κ1) is 79.6. The van der Waals surface area contributed by atoms with Crippen molar-refractivity contribution in [2.45, 2.75) is 0 Å². The third kappa shape index (κ3) is 11.9. The summed E-state index contributed by atoms with van der Waals surface area (Å²) < 4.78 is 21.4. The Morgan fingerprint density at radius 1 is 0.133 bits per heavy atom. The van der Waals surface area contributed by atoms with Crippen molar-refractivity contribution < 1.29 is 0 Å². The van der Waals surface area contributed by atoms with E-state index in [-0.39, 0.29) is 0 Å². The maximum atomic E-state index is 4.67. The molecule has 0 fully saturated rings. The highest BCUT2D eigenvalue weighted by Crippen LogP contribution is 2.49. The smallest absolute Gasteiger partial charge is 0.237 e. The topological polar surface area (TPSA) is 122 Å². The Hall–Kier alpha value is -19.6. The van der Waals surface area contributed by atoms with Crippen LogP contribution >= 0.6 is 0 Å². The Bertz CT molecular complexity index is 10900. The Kier molecular flexibility index (Phi) is 17.5. The van der Waals surface area contributed by atoms with Crippen molar-refractivity contribution in [3.8, 4) is 51.7 Å². The van der Waals surface area contributed by atoms with E-state index in [1.165, 1.54) is 191 Å². The van der Waals surface area contributed by atoms with Crippen LogP contribution in [0.1, 0.15) is 0 Å². The average Bonchev–Trinajstić information content (AvgIpc) is 1.55. The van der Waals surface area contributed by atoms with Crippen LogP contribution in [0.5, 0.6) is 0 Å². The van der Waals surface area contributed by atoms with Gasteiger partial charge in [-0.05, 0) is 192 Å². The van der Waals surface area contributed by atoms with E-state index in [0.717, 1.165) is 66.8 Å². The fourth-order valence-electron chi connectivity index (χ4n) is 23.7. The third-order valence-corrected chi connectivity index (χ3v) is 29.5. The number of pyridine rings is 1. The lowest BCUT2D eigenvalue weighted by molar-refractivity contribution is 0.940. The van der Waals surface area contributed by atoms with Gasteiger partial charge in [0.2, 0.25) is 11.9 Å². The van der Waals surface area contributed by atoms with Crippen LogP contribution in [0.15, 0.2) is 480 Å². The zero-order valence-corrected chi connectivity index (χ0v) is 76.8. The number of hydrogen-bond donors (Lipinski definition) is 0. The van der Waals surface area contributed by atoms with Crippen molar-refractivity contribution in [1.82, 2.24) is 71.0 Å². The number of aromatic nitrogens is 15. The molecular formula is C128H79N15. The molecule has 0 radical (unpaired) electrons. The zero-order valence-electron chi connectivity index (χ0n) is 76.8. The molecule has 0 amide bonds. The normalized spacial score (nSPS) is 12.1. The van der Waals surface area contributed by atoms with E-state index < -0.39 is 0 Å². The van der Waals surface area contributed by atoms with Gasteiger partial charge < -0.3 is 32.0 Å². The number of nitrogens with zero attached hydrogens (tertiary/aromatic N) is 15. The van der Waals surface area contributed by atoms with Gasteiger partial charge in [-0.2, -0.15) is 0 Å². The molecule has 0 spiro atoms. The van der Waals surface area contributed by atoms with Crippen molar-refractivity contribution in [2.75, 3.05) is 0 Å². The summed E-state index contributed by atoms with van der Waals surface area (Å²) in [6.45, 7) is 0. The molecule has 0 N–H and O–H groups in total. The summed E-state index contributed by atoms with van der Waals surface area (Å²) in [5.74, 6) is 1.28. The Morgan fingerprint density at radius 2 is 0.413 bits per heavy atom. The van der Waals surface area contributed by atoms with E-state index in [4.69, 9.17) is 0 Å². The second-order valence-corrected chi connectivity index (χ2v) is 36.9. The molecule has 0 aliphatic carbocycles. The van der Waals surface area contributed by atoms with Gasteiger partial charge in [-0.15, -0.1) is 0 Å². The minimum atomic E-state index is 0.609. The molecule has 666 valence electrons. The summed E-state index contributed by atoms with van der Waals surface area (Å²) in [6.07, 6.45) is 10.5. The fourth-order valence-corrected chi connectivity index (χ4v) is 23.7. The summed E-state index contributed by atoms with van der Waals surface area (Å²) in [5.41, 5.74) is 29.0. The van der Waals surface area contributed by atoms with Gasteiger partial charge in [0.05, 0.1) is 122 Å². The highest BCUT2D eigenvalue weighted by Gasteiger charge is 2.29. The maximum Gasteiger partial charge on any atom is 0.237 e. The molecule has 0 atom stereocenters. The van der Waals surface area contributed by atoms with Crippen LogP contribution in [0.2, 0.25) is 0 Å². The second kappa shape index (κ2) is 31.5. The van der Waals surface area contributed by atoms with E-state index in [2.05, 4.69) is 508 Å². The molecule has 0 saturated carbocycles. The zero-order chi connectivity index (χ0) is 93.6. The monoisotopic (exact) mass is 1830 g/mol. The van der Waals surface area contributed by atoms with Gasteiger partial charge in [0.15, 0.2) is 0 Å². The first-order valence-electron chi connectivity index (χ1n) is 48.3. The first-order chi connectivity index (χ1) is 71.0. The number of fused-ring (bicyclic) bond motifs is 29. The Morgan fingerprint density at radius 3 is 0.853 bits per heavy atom. The van der Waals surface area contributed by atoms with E-state index in [9.17, 15) is 0 Å². The van der Waals surface area contributed by atoms with Crippen LogP contribution in [0.4, 0.5) is 0 Å². The number of hydrogen-bond acceptors (Lipinski definition) is 6. The minimum Gasteiger partial charge on any atom is -0.309 e. The molecule has 15 nitrogen and oxygen atoms in total. The van der Waals surface area contributed by atoms with Gasteiger partial charge in [-0.1, -0.05) is 267 Å². The SMILES string of the molecule is c1ccc(-n2c3ccccc3c3c(-n4c5ccccc5c5cc6c(cc54)c4ccccc4n6-c4ncncn4)cccc32)cc1.c1ccc2cc(-n3c4ccccc4c4c(-n5c6ccccc6c6cc7c(cc65)c5ccccc5n7-c5ccncc5)cccc43)ccc2c1.c1cnc(-n2c3ccccc3c3cc4c(cc32)c2ccccc2n4-c2cccc3c2c2ccccc2n3-c2cccc3ccccc23)nc1. The lowest BCUT2D eigenvalue weighted by Gasteiger charge is -2.13. The highest BCUT2D eigenvalue weighted by atomic mass is 15.2. The lowest BCUT2D eigenvalue weighted by Crippen LogP contribution is -2.00. The molecule has 0 aliphatic rings. The number of rotatable bonds is 9. The van der Waals surface area contributed by atoms with Gasteiger partial charge in [0.25, 0.3) is 0 Å². The van der Waals surface area contributed by atoms with E-state index in [0.29, 0.717) is 11.9 Å². The first-order valence-corrected chi connectivity index (χ1v) is 48.3. The molecular weight excluding hydrogens is 1750 g/mol. The molecule has 32 aromatic rings. The van der Waals surface area contributed by atoms with Crippen LogP contribution in [-0.2, 0) is 0 Å². The predicted molar refractivity (Wildman–Crippen MR) is 590 cm³/mol. The fraction of sp³-hybridized carbons (Fsp3) is 0. The van der Waals surface area contributed by atoms with Crippen LogP contribution in [0, 0.1) is 0 Å². The molecule has 15 heteroatoms. The quantitative estimate of drug-likeness (QED) is 0.142. The van der Waals surface area contributed by atoms with E-state index >= 15 is 0 Å². The predicted octanol–water partition coefficient (Wildman–Crippen LogP) is 31.6. The number of para-hydroxylation sites is 10. The third-order valence-electron chi connectivity index (χ3n) is 29.5. The summed E-state index contributed by atoms with van der Waals surface area (Å²) in [7, 11) is 0. The van der Waals surface area contributed by atoms with Crippen LogP contribution in [0.25, 0.3) is 270 Å². The molecule has 143 heavy (non-hydrogen) atoms. The summed E-state index contributed by atoms with van der Waals surface area (Å²) in [5, 5.41) is 26.7. The molecule has 12 aromatic heterocycles. The largest absolute Gasteiger partial charge is 0.309 e. The number of benzene rings is 20. The summed E-state index contributed by atoms with van der Waals surface area (Å²) >= 11 is 0. The Balaban J connectivity index is 0.000000100. The maximum absolute atomic E-state index is 4.67. The van der Waals surface area contributed by atoms with Crippen molar-refractivity contribution >= 4 is 218 Å². The van der Waals surface area contributed by atoms with Crippen molar-refractivity contribution in [2.24, 2.45) is 0 Å².